The molecule has 2 aromatic rings. The Hall–Kier alpha value is -2.96. The van der Waals surface area contributed by atoms with Crippen molar-refractivity contribution in [1.29, 1.82) is 0 Å². The Morgan fingerprint density at radius 1 is 1.19 bits per heavy atom. The molecule has 0 atom stereocenters. The van der Waals surface area contributed by atoms with Crippen LogP contribution in [0.15, 0.2) is 36.5 Å². The number of aliphatic carboxylic acids is 1. The van der Waals surface area contributed by atoms with E-state index in [1.54, 1.807) is 0 Å². The maximum Gasteiger partial charge on any atom is 0.341 e. The predicted molar refractivity (Wildman–Crippen MR) is 69.7 cm³/mol. The highest BCUT2D eigenvalue weighted by molar-refractivity contribution is 5.87. The molecule has 0 aliphatic carbocycles. The van der Waals surface area contributed by atoms with Crippen molar-refractivity contribution in [2.24, 2.45) is 0 Å². The van der Waals surface area contributed by atoms with Crippen LogP contribution in [0, 0.1) is 5.82 Å². The number of halogens is 1. The number of pyridine rings is 1. The van der Waals surface area contributed by atoms with E-state index in [4.69, 9.17) is 14.9 Å². The number of benzene rings is 1. The van der Waals surface area contributed by atoms with E-state index in [1.165, 1.54) is 24.3 Å². The minimum Gasteiger partial charge on any atom is -0.482 e. The highest BCUT2D eigenvalue weighted by atomic mass is 19.1. The number of hydrogen-bond donors (Lipinski definition) is 2. The summed E-state index contributed by atoms with van der Waals surface area (Å²) in [5.74, 6) is -2.85. The first-order chi connectivity index (χ1) is 9.95. The summed E-state index contributed by atoms with van der Waals surface area (Å²) < 4.78 is 18.4. The second-order valence-corrected chi connectivity index (χ2v) is 4.10. The van der Waals surface area contributed by atoms with Crippen LogP contribution < -0.4 is 4.74 Å². The maximum atomic E-state index is 13.5. The topological polar surface area (TPSA) is 96.7 Å². The lowest BCUT2D eigenvalue weighted by molar-refractivity contribution is -0.139. The highest BCUT2D eigenvalue weighted by Gasteiger charge is 2.08. The molecule has 0 fully saturated rings. The largest absolute Gasteiger partial charge is 0.482 e. The number of nitrogens with zero attached hydrogens (tertiary/aromatic N) is 1. The molecule has 0 aliphatic heterocycles. The molecule has 0 aliphatic rings. The Morgan fingerprint density at radius 3 is 2.52 bits per heavy atom. The molecule has 0 bridgehead atoms. The molecule has 0 radical (unpaired) electrons. The van der Waals surface area contributed by atoms with Gasteiger partial charge in [-0.15, -0.1) is 0 Å². The summed E-state index contributed by atoms with van der Waals surface area (Å²) in [6.45, 7) is -0.589. The summed E-state index contributed by atoms with van der Waals surface area (Å²) >= 11 is 0. The SMILES string of the molecule is O=C(O)COc1cc(F)cc(-c2ccc(C(=O)O)cn2)c1. The second-order valence-electron chi connectivity index (χ2n) is 4.10. The number of hydrogen-bond acceptors (Lipinski definition) is 4. The van der Waals surface area contributed by atoms with Crippen LogP contribution in [0.1, 0.15) is 10.4 Å². The van der Waals surface area contributed by atoms with Crippen LogP contribution in [0.2, 0.25) is 0 Å². The summed E-state index contributed by atoms with van der Waals surface area (Å²) in [5.41, 5.74) is 0.713. The lowest BCUT2D eigenvalue weighted by atomic mass is 10.1. The number of aromatic carboxylic acids is 1. The van der Waals surface area contributed by atoms with Crippen LogP contribution in [0.5, 0.6) is 5.75 Å². The first-order valence-corrected chi connectivity index (χ1v) is 5.80. The van der Waals surface area contributed by atoms with E-state index in [0.717, 1.165) is 12.3 Å². The zero-order valence-corrected chi connectivity index (χ0v) is 10.6. The van der Waals surface area contributed by atoms with Crippen LogP contribution in [0.25, 0.3) is 11.3 Å². The van der Waals surface area contributed by atoms with Gasteiger partial charge in [-0.05, 0) is 24.3 Å². The molecule has 21 heavy (non-hydrogen) atoms. The molecule has 0 saturated heterocycles. The number of carboxylic acid groups (broad SMARTS) is 2. The van der Waals surface area contributed by atoms with Crippen molar-refractivity contribution in [3.8, 4) is 17.0 Å². The molecule has 6 nitrogen and oxygen atoms in total. The summed E-state index contributed by atoms with van der Waals surface area (Å²) in [4.78, 5) is 25.1. The minimum atomic E-state index is -1.18. The second kappa shape index (κ2) is 6.00. The van der Waals surface area contributed by atoms with Gasteiger partial charge in [-0.3, -0.25) is 4.98 Å². The average molecular weight is 291 g/mol. The van der Waals surface area contributed by atoms with Crippen LogP contribution in [-0.2, 0) is 4.79 Å². The van der Waals surface area contributed by atoms with Gasteiger partial charge in [0, 0.05) is 17.8 Å². The Morgan fingerprint density at radius 2 is 1.95 bits per heavy atom. The maximum absolute atomic E-state index is 13.5. The molecule has 0 amide bonds. The predicted octanol–water partition coefficient (Wildman–Crippen LogP) is 2.05. The van der Waals surface area contributed by atoms with Gasteiger partial charge in [0.1, 0.15) is 11.6 Å². The Bertz CT molecular complexity index is 684. The Balaban J connectivity index is 2.30. The number of aromatic nitrogens is 1. The first kappa shape index (κ1) is 14.4. The molecule has 1 aromatic carbocycles. The Kier molecular flexibility index (Phi) is 4.13. The summed E-state index contributed by atoms with van der Waals surface area (Å²) in [6, 6.07) is 6.44. The van der Waals surface area contributed by atoms with E-state index in [2.05, 4.69) is 4.98 Å². The highest BCUT2D eigenvalue weighted by Crippen LogP contribution is 2.24. The van der Waals surface area contributed by atoms with Gasteiger partial charge in [0.05, 0.1) is 11.3 Å². The van der Waals surface area contributed by atoms with Crippen molar-refractivity contribution in [3.63, 3.8) is 0 Å². The fourth-order valence-electron chi connectivity index (χ4n) is 1.63. The molecular formula is C14H10FNO5. The normalized spacial score (nSPS) is 10.1. The van der Waals surface area contributed by atoms with Crippen molar-refractivity contribution in [2.45, 2.75) is 0 Å². The quantitative estimate of drug-likeness (QED) is 0.875. The van der Waals surface area contributed by atoms with Gasteiger partial charge < -0.3 is 14.9 Å². The molecule has 0 saturated carbocycles. The molecule has 7 heteroatoms. The molecule has 0 spiro atoms. The molecule has 1 heterocycles. The van der Waals surface area contributed by atoms with Gasteiger partial charge in [0.2, 0.25) is 0 Å². The number of ether oxygens (including phenoxy) is 1. The van der Waals surface area contributed by atoms with Crippen LogP contribution in [0.3, 0.4) is 0 Å². The molecule has 2 rings (SSSR count). The van der Waals surface area contributed by atoms with Crippen molar-refractivity contribution < 1.29 is 28.9 Å². The number of carboxylic acids is 2. The molecule has 108 valence electrons. The van der Waals surface area contributed by atoms with Crippen LogP contribution >= 0.6 is 0 Å². The van der Waals surface area contributed by atoms with Gasteiger partial charge in [0.25, 0.3) is 0 Å². The van der Waals surface area contributed by atoms with Gasteiger partial charge >= 0.3 is 11.9 Å². The molecule has 2 N–H and O–H groups in total. The first-order valence-electron chi connectivity index (χ1n) is 5.80. The zero-order chi connectivity index (χ0) is 15.4. The minimum absolute atomic E-state index is 0.0116. The van der Waals surface area contributed by atoms with E-state index >= 15 is 0 Å². The molecule has 0 unspecified atom stereocenters. The van der Waals surface area contributed by atoms with Gasteiger partial charge in [-0.2, -0.15) is 0 Å². The van der Waals surface area contributed by atoms with Crippen molar-refractivity contribution in [3.05, 3.63) is 47.9 Å². The van der Waals surface area contributed by atoms with Gasteiger partial charge in [-0.1, -0.05) is 0 Å². The Labute approximate surface area is 118 Å². The lowest BCUT2D eigenvalue weighted by Gasteiger charge is -2.07. The fraction of sp³-hybridized carbons (Fsp3) is 0.0714. The standard InChI is InChI=1S/C14H10FNO5/c15-10-3-9(4-11(5-10)21-7-13(17)18)12-2-1-8(6-16-12)14(19)20/h1-6H,7H2,(H,17,18)(H,19,20). The van der Waals surface area contributed by atoms with Crippen LogP contribution in [-0.4, -0.2) is 33.7 Å². The molecule has 1 aromatic heterocycles. The zero-order valence-electron chi connectivity index (χ0n) is 10.6. The third kappa shape index (κ3) is 3.75. The smallest absolute Gasteiger partial charge is 0.341 e. The van der Waals surface area contributed by atoms with Crippen molar-refractivity contribution >= 4 is 11.9 Å². The van der Waals surface area contributed by atoms with E-state index in [9.17, 15) is 14.0 Å². The number of carbonyl (C=O) groups is 2. The van der Waals surface area contributed by atoms with E-state index in [0.29, 0.717) is 11.3 Å². The van der Waals surface area contributed by atoms with Gasteiger partial charge in [-0.25, -0.2) is 14.0 Å². The fourth-order valence-corrected chi connectivity index (χ4v) is 1.63. The summed E-state index contributed by atoms with van der Waals surface area (Å²) in [6.07, 6.45) is 1.15. The van der Waals surface area contributed by atoms with E-state index in [1.807, 2.05) is 0 Å². The van der Waals surface area contributed by atoms with E-state index in [-0.39, 0.29) is 11.3 Å². The summed E-state index contributed by atoms with van der Waals surface area (Å²) in [7, 11) is 0. The van der Waals surface area contributed by atoms with E-state index < -0.39 is 24.4 Å². The van der Waals surface area contributed by atoms with Crippen molar-refractivity contribution in [1.82, 2.24) is 4.98 Å². The monoisotopic (exact) mass is 291 g/mol. The summed E-state index contributed by atoms with van der Waals surface area (Å²) in [5, 5.41) is 17.3. The number of rotatable bonds is 5. The van der Waals surface area contributed by atoms with Crippen molar-refractivity contribution in [2.75, 3.05) is 6.61 Å². The third-order valence-corrected chi connectivity index (χ3v) is 2.54. The molecular weight excluding hydrogens is 281 g/mol. The lowest BCUT2D eigenvalue weighted by Crippen LogP contribution is -2.09. The third-order valence-electron chi connectivity index (χ3n) is 2.54. The van der Waals surface area contributed by atoms with Gasteiger partial charge in [0.15, 0.2) is 6.61 Å². The average Bonchev–Trinajstić information content (AvgIpc) is 2.44. The van der Waals surface area contributed by atoms with Crippen LogP contribution in [0.4, 0.5) is 4.39 Å².